The van der Waals surface area contributed by atoms with Crippen LogP contribution in [-0.2, 0) is 4.57 Å². The number of hydrogen-bond donors (Lipinski definition) is 2. The van der Waals surface area contributed by atoms with Crippen molar-refractivity contribution in [1.29, 1.82) is 0 Å². The van der Waals surface area contributed by atoms with Gasteiger partial charge >= 0.3 is 8.25 Å². The summed E-state index contributed by atoms with van der Waals surface area (Å²) in [6, 6.07) is 0. The van der Waals surface area contributed by atoms with Crippen LogP contribution in [0, 0.1) is 0 Å². The molecular weight excluding hydrogens is 580 g/mol. The van der Waals surface area contributed by atoms with E-state index in [1.807, 2.05) is 0 Å². The van der Waals surface area contributed by atoms with Crippen LogP contribution >= 0.6 is 8.25 Å². The molecular formula is C18H24F15O3P. The molecule has 0 heterocycles. The summed E-state index contributed by atoms with van der Waals surface area (Å²) in [5.41, 5.74) is 0. The molecule has 2 N–H and O–H groups in total. The van der Waals surface area contributed by atoms with Crippen LogP contribution < -0.4 is 0 Å². The molecule has 0 saturated heterocycles. The topological polar surface area (TPSA) is 57.5 Å². The molecule has 37 heavy (non-hydrogen) atoms. The summed E-state index contributed by atoms with van der Waals surface area (Å²) in [5, 5.41) is 0. The van der Waals surface area contributed by atoms with Crippen molar-refractivity contribution in [2.24, 2.45) is 0 Å². The molecule has 1 aliphatic rings. The first-order valence-corrected chi connectivity index (χ1v) is 11.7. The summed E-state index contributed by atoms with van der Waals surface area (Å²) in [7, 11) is -3.13. The molecule has 0 aromatic heterocycles. The quantitative estimate of drug-likeness (QED) is 0.280. The van der Waals surface area contributed by atoms with Gasteiger partial charge in [0.1, 0.15) is 18.5 Å². The fourth-order valence-electron chi connectivity index (χ4n) is 3.15. The van der Waals surface area contributed by atoms with Crippen molar-refractivity contribution in [3.05, 3.63) is 0 Å². The highest BCUT2D eigenvalue weighted by Crippen LogP contribution is 2.33. The first-order valence-electron chi connectivity index (χ1n) is 10.4. The molecule has 0 aromatic rings. The molecule has 15 unspecified atom stereocenters. The van der Waals surface area contributed by atoms with Crippen LogP contribution in [0.15, 0.2) is 0 Å². The van der Waals surface area contributed by atoms with Gasteiger partial charge in [0.15, 0.2) is 74.1 Å². The lowest BCUT2D eigenvalue weighted by molar-refractivity contribution is -0.0780. The van der Waals surface area contributed by atoms with Crippen LogP contribution in [0.5, 0.6) is 0 Å². The fraction of sp³-hybridized carbons (Fsp3) is 1.00. The van der Waals surface area contributed by atoms with Crippen LogP contribution in [0.2, 0.25) is 0 Å². The summed E-state index contributed by atoms with van der Waals surface area (Å²) in [6.45, 7) is 0. The summed E-state index contributed by atoms with van der Waals surface area (Å²) in [4.78, 5) is 14.3. The second-order valence-corrected chi connectivity index (χ2v) is 8.62. The first kappa shape index (κ1) is 36.1. The molecule has 1 fully saturated rings. The molecule has 0 aromatic carbocycles. The van der Waals surface area contributed by atoms with Crippen LogP contribution in [-0.4, -0.2) is 102 Å². The van der Waals surface area contributed by atoms with Crippen LogP contribution in [0.25, 0.3) is 0 Å². The van der Waals surface area contributed by atoms with Gasteiger partial charge in [0.25, 0.3) is 0 Å². The molecule has 1 aliphatic carbocycles. The predicted molar refractivity (Wildman–Crippen MR) is 101 cm³/mol. The molecule has 19 heteroatoms. The number of alkyl halides is 15. The van der Waals surface area contributed by atoms with Gasteiger partial charge in [-0.05, 0) is 12.8 Å². The van der Waals surface area contributed by atoms with E-state index < -0.39 is 120 Å². The van der Waals surface area contributed by atoms with E-state index in [1.54, 1.807) is 0 Å². The third kappa shape index (κ3) is 10.6. The van der Waals surface area contributed by atoms with E-state index in [-0.39, 0.29) is 0 Å². The van der Waals surface area contributed by atoms with Crippen molar-refractivity contribution in [2.45, 2.75) is 112 Å². The highest BCUT2D eigenvalue weighted by Gasteiger charge is 2.52. The normalized spacial score (nSPS) is 47.9. The van der Waals surface area contributed by atoms with Crippen LogP contribution in [0.1, 0.15) is 19.3 Å². The largest absolute Gasteiger partial charge is 0.326 e. The van der Waals surface area contributed by atoms with Crippen LogP contribution in [0.3, 0.4) is 0 Å². The lowest BCUT2D eigenvalue weighted by Gasteiger charge is -2.29. The van der Waals surface area contributed by atoms with Gasteiger partial charge in [0, 0.05) is 6.42 Å². The van der Waals surface area contributed by atoms with Crippen molar-refractivity contribution in [3.63, 3.8) is 0 Å². The Kier molecular flexibility index (Phi) is 15.9. The zero-order chi connectivity index (χ0) is 29.4. The maximum Gasteiger partial charge on any atom is 0.314 e. The third-order valence-electron chi connectivity index (χ3n) is 5.27. The van der Waals surface area contributed by atoms with Gasteiger partial charge < -0.3 is 9.79 Å². The lowest BCUT2D eigenvalue weighted by atomic mass is 9.92. The van der Waals surface area contributed by atoms with Crippen molar-refractivity contribution < 1.29 is 80.2 Å². The Balaban J connectivity index is 0.00000300. The summed E-state index contributed by atoms with van der Waals surface area (Å²) < 4.78 is 214. The molecule has 1 rings (SSSR count). The Morgan fingerprint density at radius 3 is 0.892 bits per heavy atom. The maximum atomic E-state index is 13.7. The highest BCUT2D eigenvalue weighted by molar-refractivity contribution is 7.30. The van der Waals surface area contributed by atoms with Crippen molar-refractivity contribution in [2.75, 3.05) is 0 Å². The van der Waals surface area contributed by atoms with Gasteiger partial charge in [0.2, 0.25) is 0 Å². The second-order valence-electron chi connectivity index (χ2n) is 8.06. The maximum absolute atomic E-state index is 13.7. The van der Waals surface area contributed by atoms with Crippen molar-refractivity contribution in [3.8, 4) is 0 Å². The molecule has 0 aliphatic heterocycles. The van der Waals surface area contributed by atoms with E-state index in [9.17, 15) is 65.9 Å². The van der Waals surface area contributed by atoms with Crippen LogP contribution in [0.4, 0.5) is 65.9 Å². The average molecular weight is 604 g/mol. The molecule has 3 nitrogen and oxygen atoms in total. The summed E-state index contributed by atoms with van der Waals surface area (Å²) in [6.07, 6.45) is -61.0. The average Bonchev–Trinajstić information content (AvgIpc) is 2.85. The van der Waals surface area contributed by atoms with Crippen molar-refractivity contribution >= 4 is 8.25 Å². The minimum Gasteiger partial charge on any atom is -0.326 e. The summed E-state index contributed by atoms with van der Waals surface area (Å²) in [5.74, 6) is 0. The summed E-state index contributed by atoms with van der Waals surface area (Å²) >= 11 is 0. The van der Waals surface area contributed by atoms with E-state index >= 15 is 0 Å². The lowest BCUT2D eigenvalue weighted by Crippen LogP contribution is -2.51. The zero-order valence-electron chi connectivity index (χ0n) is 18.3. The standard InChI is InChI=1S/C18H21F15.H3O3P/c19-4-1-2-5(20)7(22)9(24)11(26)13(28)15(30)17(32)18(33)16(31)14(29)12(27)10(25)8(23)6(21)3-4;1-4(2)3/h4-18H,1-3H2;4H,(H2,1,2,3). The molecule has 224 valence electrons. The smallest absolute Gasteiger partial charge is 0.314 e. The number of rotatable bonds is 0. The van der Waals surface area contributed by atoms with Gasteiger partial charge in [-0.1, -0.05) is 0 Å². The van der Waals surface area contributed by atoms with E-state index in [2.05, 4.69) is 0 Å². The fourth-order valence-corrected chi connectivity index (χ4v) is 3.15. The molecule has 1 saturated carbocycles. The number of hydrogen-bond acceptors (Lipinski definition) is 1. The Labute approximate surface area is 201 Å². The van der Waals surface area contributed by atoms with Gasteiger partial charge in [-0.3, -0.25) is 4.57 Å². The minimum atomic E-state index is -4.19. The molecule has 15 atom stereocenters. The highest BCUT2D eigenvalue weighted by atomic mass is 31.1. The van der Waals surface area contributed by atoms with E-state index in [1.165, 1.54) is 0 Å². The SMILES string of the molecule is FC1CCC(F)C(F)C(F)C(F)C(F)C(F)C(F)C(F)C(F)C(F)C(F)C(F)C(F)C(F)C1.O=[PH](O)O. The molecule has 0 bridgehead atoms. The van der Waals surface area contributed by atoms with Gasteiger partial charge in [-0.25, -0.2) is 65.9 Å². The molecule has 0 radical (unpaired) electrons. The van der Waals surface area contributed by atoms with Gasteiger partial charge in [-0.2, -0.15) is 0 Å². The Hall–Kier alpha value is -0.900. The first-order chi connectivity index (χ1) is 16.9. The number of halogens is 15. The Morgan fingerprint density at radius 2 is 0.622 bits per heavy atom. The Bertz CT molecular complexity index is 668. The van der Waals surface area contributed by atoms with Gasteiger partial charge in [-0.15, -0.1) is 0 Å². The minimum absolute atomic E-state index is 1.20. The third-order valence-corrected chi connectivity index (χ3v) is 5.27. The van der Waals surface area contributed by atoms with E-state index in [0.29, 0.717) is 0 Å². The zero-order valence-corrected chi connectivity index (χ0v) is 19.3. The van der Waals surface area contributed by atoms with E-state index in [0.717, 1.165) is 0 Å². The molecule has 0 spiro atoms. The monoisotopic (exact) mass is 604 g/mol. The predicted octanol–water partition coefficient (Wildman–Crippen LogP) is 5.60. The second kappa shape index (κ2) is 16.3. The van der Waals surface area contributed by atoms with E-state index in [4.69, 9.17) is 14.4 Å². The molecule has 0 amide bonds. The van der Waals surface area contributed by atoms with Gasteiger partial charge in [0.05, 0.1) is 0 Å². The van der Waals surface area contributed by atoms with Crippen molar-refractivity contribution in [1.82, 2.24) is 0 Å². The Morgan fingerprint density at radius 1 is 0.405 bits per heavy atom.